The minimum absolute atomic E-state index is 0.989. The van der Waals surface area contributed by atoms with Gasteiger partial charge in [0.15, 0.2) is 0 Å². The third-order valence-corrected chi connectivity index (χ3v) is 3.75. The van der Waals surface area contributed by atoms with Crippen LogP contribution in [0.4, 0.5) is 0 Å². The molecule has 0 saturated heterocycles. The van der Waals surface area contributed by atoms with Gasteiger partial charge in [0.2, 0.25) is 0 Å². The number of fused-ring (bicyclic) bond motifs is 2. The van der Waals surface area contributed by atoms with Gasteiger partial charge in [-0.05, 0) is 36.8 Å². The van der Waals surface area contributed by atoms with Crippen LogP contribution >= 0.6 is 0 Å². The summed E-state index contributed by atoms with van der Waals surface area (Å²) in [5.41, 5.74) is 5.32. The van der Waals surface area contributed by atoms with E-state index >= 15 is 0 Å². The molecule has 0 atom stereocenters. The minimum Gasteiger partial charge on any atom is -0.256 e. The zero-order valence-electron chi connectivity index (χ0n) is 11.7. The average Bonchev–Trinajstić information content (AvgIpc) is 2.53. The van der Waals surface area contributed by atoms with Crippen LogP contribution in [0.2, 0.25) is 0 Å². The van der Waals surface area contributed by atoms with Crippen LogP contribution in [-0.2, 0) is 0 Å². The highest BCUT2D eigenvalue weighted by Crippen LogP contribution is 2.29. The van der Waals surface area contributed by atoms with Crippen molar-refractivity contribution in [2.75, 3.05) is 0 Å². The Balaban J connectivity index is 2.04. The monoisotopic (exact) mass is 270 g/mol. The molecule has 0 amide bonds. The molecule has 21 heavy (non-hydrogen) atoms. The van der Waals surface area contributed by atoms with E-state index in [2.05, 4.69) is 48.3 Å². The molecule has 0 N–H and O–H groups in total. The van der Waals surface area contributed by atoms with Crippen LogP contribution in [0.3, 0.4) is 0 Å². The smallest absolute Gasteiger partial charge is 0.0716 e. The Bertz CT molecular complexity index is 940. The lowest BCUT2D eigenvalue weighted by molar-refractivity contribution is 1.27. The fourth-order valence-electron chi connectivity index (χ4n) is 2.65. The molecule has 0 aliphatic carbocycles. The van der Waals surface area contributed by atoms with Crippen LogP contribution < -0.4 is 0 Å². The van der Waals surface area contributed by atoms with Crippen LogP contribution in [0.15, 0.2) is 66.9 Å². The van der Waals surface area contributed by atoms with Crippen molar-refractivity contribution in [3.05, 3.63) is 72.4 Å². The molecular formula is C19H14N2. The highest BCUT2D eigenvalue weighted by atomic mass is 14.7. The SMILES string of the molecule is Cc1ccc(-c2cccc3nc4ccccc4cc23)nc1. The predicted octanol–water partition coefficient (Wildman–Crippen LogP) is 4.76. The number of nitrogens with zero attached hydrogens (tertiary/aromatic N) is 2. The van der Waals surface area contributed by atoms with Gasteiger partial charge in [-0.2, -0.15) is 0 Å². The molecular weight excluding hydrogens is 256 g/mol. The first-order valence-electron chi connectivity index (χ1n) is 7.03. The van der Waals surface area contributed by atoms with Crippen molar-refractivity contribution in [1.82, 2.24) is 9.97 Å². The number of rotatable bonds is 1. The van der Waals surface area contributed by atoms with Crippen molar-refractivity contribution in [2.24, 2.45) is 0 Å². The summed E-state index contributed by atoms with van der Waals surface area (Å²) >= 11 is 0. The molecule has 0 bridgehead atoms. The van der Waals surface area contributed by atoms with Gasteiger partial charge in [0, 0.05) is 22.5 Å². The van der Waals surface area contributed by atoms with Crippen molar-refractivity contribution in [1.29, 1.82) is 0 Å². The zero-order valence-corrected chi connectivity index (χ0v) is 11.7. The van der Waals surface area contributed by atoms with E-state index in [0.717, 1.165) is 33.1 Å². The lowest BCUT2D eigenvalue weighted by Gasteiger charge is -2.07. The standard InChI is InChI=1S/C19H14N2/c1-13-9-10-18(20-12-13)15-6-4-8-19-16(15)11-14-5-2-3-7-17(14)21-19/h2-12H,1H3. The summed E-state index contributed by atoms with van der Waals surface area (Å²) in [6.07, 6.45) is 1.91. The van der Waals surface area contributed by atoms with E-state index in [9.17, 15) is 0 Å². The summed E-state index contributed by atoms with van der Waals surface area (Å²) in [4.78, 5) is 9.30. The second-order valence-electron chi connectivity index (χ2n) is 5.27. The first kappa shape index (κ1) is 12.0. The summed E-state index contributed by atoms with van der Waals surface area (Å²) in [5, 5.41) is 2.30. The lowest BCUT2D eigenvalue weighted by atomic mass is 10.0. The van der Waals surface area contributed by atoms with Crippen LogP contribution in [0.1, 0.15) is 5.56 Å². The summed E-state index contributed by atoms with van der Waals surface area (Å²) in [7, 11) is 0. The number of pyridine rings is 2. The predicted molar refractivity (Wildman–Crippen MR) is 87.2 cm³/mol. The average molecular weight is 270 g/mol. The zero-order chi connectivity index (χ0) is 14.2. The second kappa shape index (κ2) is 4.67. The largest absolute Gasteiger partial charge is 0.256 e. The van der Waals surface area contributed by atoms with E-state index in [1.54, 1.807) is 0 Å². The molecule has 2 aromatic heterocycles. The van der Waals surface area contributed by atoms with Crippen LogP contribution in [0.25, 0.3) is 33.1 Å². The molecule has 100 valence electrons. The van der Waals surface area contributed by atoms with Crippen molar-refractivity contribution in [3.63, 3.8) is 0 Å². The molecule has 2 heterocycles. The minimum atomic E-state index is 0.989. The number of benzene rings is 2. The quantitative estimate of drug-likeness (QED) is 0.466. The van der Waals surface area contributed by atoms with E-state index in [-0.39, 0.29) is 0 Å². The molecule has 0 spiro atoms. The van der Waals surface area contributed by atoms with E-state index in [1.165, 1.54) is 5.56 Å². The Hall–Kier alpha value is -2.74. The third kappa shape index (κ3) is 2.05. The third-order valence-electron chi connectivity index (χ3n) is 3.75. The van der Waals surface area contributed by atoms with Gasteiger partial charge in [0.25, 0.3) is 0 Å². The van der Waals surface area contributed by atoms with Crippen LogP contribution in [0.5, 0.6) is 0 Å². The summed E-state index contributed by atoms with van der Waals surface area (Å²) < 4.78 is 0. The highest BCUT2D eigenvalue weighted by molar-refractivity contribution is 6.00. The molecule has 4 aromatic rings. The maximum Gasteiger partial charge on any atom is 0.0716 e. The van der Waals surface area contributed by atoms with E-state index in [4.69, 9.17) is 4.98 Å². The lowest BCUT2D eigenvalue weighted by Crippen LogP contribution is -1.88. The van der Waals surface area contributed by atoms with Gasteiger partial charge in [0.05, 0.1) is 16.7 Å². The molecule has 0 unspecified atom stereocenters. The molecule has 2 nitrogen and oxygen atoms in total. The molecule has 0 fully saturated rings. The first-order valence-corrected chi connectivity index (χ1v) is 7.03. The van der Waals surface area contributed by atoms with Gasteiger partial charge in [-0.15, -0.1) is 0 Å². The van der Waals surface area contributed by atoms with Gasteiger partial charge in [-0.1, -0.05) is 36.4 Å². The molecule has 0 aliphatic heterocycles. The number of aromatic nitrogens is 2. The van der Waals surface area contributed by atoms with Crippen LogP contribution in [-0.4, -0.2) is 9.97 Å². The summed E-state index contributed by atoms with van der Waals surface area (Å²) in [5.74, 6) is 0. The van der Waals surface area contributed by atoms with Gasteiger partial charge < -0.3 is 0 Å². The summed E-state index contributed by atoms with van der Waals surface area (Å²) in [6, 6.07) is 20.8. The van der Waals surface area contributed by atoms with Gasteiger partial charge in [-0.3, -0.25) is 4.98 Å². The number of aryl methyl sites for hydroxylation is 1. The van der Waals surface area contributed by atoms with E-state index in [0.29, 0.717) is 0 Å². The van der Waals surface area contributed by atoms with Crippen LogP contribution in [0, 0.1) is 6.92 Å². The Morgan fingerprint density at radius 1 is 0.810 bits per heavy atom. The fraction of sp³-hybridized carbons (Fsp3) is 0.0526. The van der Waals surface area contributed by atoms with Crippen molar-refractivity contribution >= 4 is 21.8 Å². The Labute approximate surface area is 123 Å². The molecule has 4 rings (SSSR count). The van der Waals surface area contributed by atoms with Crippen molar-refractivity contribution in [2.45, 2.75) is 6.92 Å². The normalized spacial score (nSPS) is 11.1. The fourth-order valence-corrected chi connectivity index (χ4v) is 2.65. The molecule has 0 radical (unpaired) electrons. The Kier molecular flexibility index (Phi) is 2.68. The maximum absolute atomic E-state index is 4.75. The second-order valence-corrected chi connectivity index (χ2v) is 5.27. The Morgan fingerprint density at radius 3 is 2.52 bits per heavy atom. The topological polar surface area (TPSA) is 25.8 Å². The number of para-hydroxylation sites is 1. The van der Waals surface area contributed by atoms with Gasteiger partial charge >= 0.3 is 0 Å². The molecule has 0 saturated carbocycles. The van der Waals surface area contributed by atoms with Gasteiger partial charge in [0.1, 0.15) is 0 Å². The molecule has 0 aliphatic rings. The van der Waals surface area contributed by atoms with Crippen molar-refractivity contribution in [3.8, 4) is 11.3 Å². The first-order chi connectivity index (χ1) is 10.3. The van der Waals surface area contributed by atoms with Crippen molar-refractivity contribution < 1.29 is 0 Å². The Morgan fingerprint density at radius 2 is 1.67 bits per heavy atom. The maximum atomic E-state index is 4.75. The molecule has 2 heteroatoms. The summed E-state index contributed by atoms with van der Waals surface area (Å²) in [6.45, 7) is 2.05. The highest BCUT2D eigenvalue weighted by Gasteiger charge is 2.07. The van der Waals surface area contributed by atoms with Gasteiger partial charge in [-0.25, -0.2) is 4.98 Å². The molecule has 2 aromatic carbocycles. The number of hydrogen-bond acceptors (Lipinski definition) is 2. The van der Waals surface area contributed by atoms with E-state index < -0.39 is 0 Å². The van der Waals surface area contributed by atoms with E-state index in [1.807, 2.05) is 30.5 Å². The number of hydrogen-bond donors (Lipinski definition) is 0.